The van der Waals surface area contributed by atoms with Crippen molar-refractivity contribution in [1.29, 1.82) is 0 Å². The van der Waals surface area contributed by atoms with Crippen molar-refractivity contribution in [3.63, 3.8) is 0 Å². The predicted molar refractivity (Wildman–Crippen MR) is 105 cm³/mol. The number of hydrogen-bond acceptors (Lipinski definition) is 5. The maximum atomic E-state index is 13.2. The van der Waals surface area contributed by atoms with Gasteiger partial charge in [0.25, 0.3) is 5.91 Å². The molecule has 1 aromatic heterocycles. The first-order valence-electron chi connectivity index (χ1n) is 9.45. The van der Waals surface area contributed by atoms with Crippen molar-refractivity contribution in [3.8, 4) is 5.75 Å². The van der Waals surface area contributed by atoms with Crippen molar-refractivity contribution in [2.24, 2.45) is 0 Å². The molecule has 0 spiro atoms. The smallest absolute Gasteiger partial charge is 0.266 e. The van der Waals surface area contributed by atoms with Gasteiger partial charge in [0.15, 0.2) is 0 Å². The zero-order valence-electron chi connectivity index (χ0n) is 15.8. The number of thiazole rings is 1. The van der Waals surface area contributed by atoms with E-state index in [9.17, 15) is 9.18 Å². The van der Waals surface area contributed by atoms with E-state index in [0.717, 1.165) is 49.6 Å². The number of carbonyl (C=O) groups is 1. The minimum atomic E-state index is -0.297. The van der Waals surface area contributed by atoms with Crippen LogP contribution >= 0.6 is 11.3 Å². The molecule has 0 unspecified atom stereocenters. The fraction of sp³-hybridized carbons (Fsp3) is 0.500. The van der Waals surface area contributed by atoms with Crippen molar-refractivity contribution >= 4 is 17.2 Å². The molecule has 0 radical (unpaired) electrons. The van der Waals surface area contributed by atoms with Gasteiger partial charge < -0.3 is 15.0 Å². The number of piperidine rings is 1. The Hall–Kier alpha value is -1.99. The van der Waals surface area contributed by atoms with Crippen LogP contribution in [0.4, 0.5) is 4.39 Å². The van der Waals surface area contributed by atoms with Crippen LogP contribution < -0.4 is 10.1 Å². The Morgan fingerprint density at radius 2 is 2.04 bits per heavy atom. The summed E-state index contributed by atoms with van der Waals surface area (Å²) in [5.74, 6) is 0.362. The largest absolute Gasteiger partial charge is 0.486 e. The highest BCUT2D eigenvalue weighted by atomic mass is 32.1. The van der Waals surface area contributed by atoms with Crippen LogP contribution in [0.15, 0.2) is 24.3 Å². The molecule has 146 valence electrons. The summed E-state index contributed by atoms with van der Waals surface area (Å²) < 4.78 is 18.6. The second-order valence-corrected chi connectivity index (χ2v) is 7.83. The first-order valence-corrected chi connectivity index (χ1v) is 10.3. The number of rotatable bonds is 7. The van der Waals surface area contributed by atoms with E-state index in [1.165, 1.54) is 23.5 Å². The normalized spacial score (nSPS) is 14.9. The number of ether oxygens (including phenoxy) is 1. The van der Waals surface area contributed by atoms with Gasteiger partial charge in [0, 0.05) is 12.6 Å². The van der Waals surface area contributed by atoms with Crippen LogP contribution in [0.1, 0.15) is 46.6 Å². The quantitative estimate of drug-likeness (QED) is 0.781. The standard InChI is InChI=1S/C20H26FN3O2S/c1-3-12-24(16-8-10-22-11-9-16)20(25)19-14(2)23-18(27-19)13-26-17-6-4-15(21)5-7-17/h4-7,16,22H,3,8-13H2,1-2H3. The lowest BCUT2D eigenvalue weighted by Gasteiger charge is -2.34. The summed E-state index contributed by atoms with van der Waals surface area (Å²) in [6.45, 7) is 6.92. The first kappa shape index (κ1) is 19.8. The number of amides is 1. The number of halogens is 1. The molecule has 1 amide bonds. The summed E-state index contributed by atoms with van der Waals surface area (Å²) in [7, 11) is 0. The minimum absolute atomic E-state index is 0.0757. The zero-order valence-corrected chi connectivity index (χ0v) is 16.7. The second-order valence-electron chi connectivity index (χ2n) is 6.74. The van der Waals surface area contributed by atoms with Gasteiger partial charge in [-0.15, -0.1) is 11.3 Å². The lowest BCUT2D eigenvalue weighted by atomic mass is 10.0. The first-order chi connectivity index (χ1) is 13.1. The number of benzene rings is 1. The van der Waals surface area contributed by atoms with Gasteiger partial charge in [0.2, 0.25) is 0 Å². The maximum Gasteiger partial charge on any atom is 0.266 e. The Bertz CT molecular complexity index is 757. The summed E-state index contributed by atoms with van der Waals surface area (Å²) in [6.07, 6.45) is 2.92. The Morgan fingerprint density at radius 3 is 2.70 bits per heavy atom. The number of nitrogens with one attached hydrogen (secondary N) is 1. The molecular weight excluding hydrogens is 365 g/mol. The van der Waals surface area contributed by atoms with Crippen molar-refractivity contribution in [2.45, 2.75) is 45.8 Å². The summed E-state index contributed by atoms with van der Waals surface area (Å²) in [6, 6.07) is 6.18. The minimum Gasteiger partial charge on any atom is -0.486 e. The van der Waals surface area contributed by atoms with E-state index in [-0.39, 0.29) is 18.3 Å². The van der Waals surface area contributed by atoms with Crippen molar-refractivity contribution in [2.75, 3.05) is 19.6 Å². The van der Waals surface area contributed by atoms with Crippen LogP contribution in [0.5, 0.6) is 5.75 Å². The molecule has 2 heterocycles. The zero-order chi connectivity index (χ0) is 19.2. The van der Waals surface area contributed by atoms with Gasteiger partial charge in [-0.1, -0.05) is 6.92 Å². The Kier molecular flexibility index (Phi) is 6.79. The molecule has 1 aliphatic heterocycles. The lowest BCUT2D eigenvalue weighted by Crippen LogP contribution is -2.46. The molecule has 1 aliphatic rings. The van der Waals surface area contributed by atoms with Crippen molar-refractivity contribution < 1.29 is 13.9 Å². The maximum absolute atomic E-state index is 13.2. The van der Waals surface area contributed by atoms with E-state index >= 15 is 0 Å². The topological polar surface area (TPSA) is 54.5 Å². The van der Waals surface area contributed by atoms with Gasteiger partial charge in [-0.05, 0) is 63.5 Å². The molecule has 0 aliphatic carbocycles. The fourth-order valence-electron chi connectivity index (χ4n) is 3.33. The lowest BCUT2D eigenvalue weighted by molar-refractivity contribution is 0.0646. The van der Waals surface area contributed by atoms with Crippen LogP contribution in [0.25, 0.3) is 0 Å². The average molecular weight is 392 g/mol. The molecule has 1 aromatic carbocycles. The van der Waals surface area contributed by atoms with Crippen LogP contribution in [-0.2, 0) is 6.61 Å². The molecule has 2 aromatic rings. The molecular formula is C20H26FN3O2S. The van der Waals surface area contributed by atoms with E-state index in [4.69, 9.17) is 4.74 Å². The fourth-order valence-corrected chi connectivity index (χ4v) is 4.26. The van der Waals surface area contributed by atoms with Crippen molar-refractivity contribution in [3.05, 3.63) is 45.7 Å². The van der Waals surface area contributed by atoms with Crippen molar-refractivity contribution in [1.82, 2.24) is 15.2 Å². The molecule has 7 heteroatoms. The third-order valence-corrected chi connectivity index (χ3v) is 5.80. The van der Waals surface area contributed by atoms with E-state index in [2.05, 4.69) is 17.2 Å². The van der Waals surface area contributed by atoms with E-state index in [0.29, 0.717) is 16.7 Å². The molecule has 1 N–H and O–H groups in total. The molecule has 1 saturated heterocycles. The second kappa shape index (κ2) is 9.28. The van der Waals surface area contributed by atoms with Gasteiger partial charge >= 0.3 is 0 Å². The third-order valence-electron chi connectivity index (χ3n) is 4.69. The molecule has 0 bridgehead atoms. The number of carbonyl (C=O) groups excluding carboxylic acids is 1. The average Bonchev–Trinajstić information content (AvgIpc) is 3.06. The number of nitrogens with zero attached hydrogens (tertiary/aromatic N) is 2. The summed E-state index contributed by atoms with van der Waals surface area (Å²) in [4.78, 5) is 20.4. The highest BCUT2D eigenvalue weighted by Crippen LogP contribution is 2.24. The number of aromatic nitrogens is 1. The third kappa shape index (κ3) is 5.05. The number of aryl methyl sites for hydroxylation is 1. The number of hydrogen-bond donors (Lipinski definition) is 1. The van der Waals surface area contributed by atoms with Crippen LogP contribution in [0.3, 0.4) is 0 Å². The Labute approximate surface area is 163 Å². The van der Waals surface area contributed by atoms with Gasteiger partial charge in [-0.25, -0.2) is 9.37 Å². The highest BCUT2D eigenvalue weighted by molar-refractivity contribution is 7.13. The highest BCUT2D eigenvalue weighted by Gasteiger charge is 2.28. The van der Waals surface area contributed by atoms with E-state index < -0.39 is 0 Å². The van der Waals surface area contributed by atoms with Crippen LogP contribution in [0, 0.1) is 12.7 Å². The molecule has 5 nitrogen and oxygen atoms in total. The molecule has 0 saturated carbocycles. The Morgan fingerprint density at radius 1 is 1.33 bits per heavy atom. The summed E-state index contributed by atoms with van der Waals surface area (Å²) in [5.41, 5.74) is 0.748. The van der Waals surface area contributed by atoms with Crippen LogP contribution in [0.2, 0.25) is 0 Å². The summed E-state index contributed by atoms with van der Waals surface area (Å²) >= 11 is 1.39. The predicted octanol–water partition coefficient (Wildman–Crippen LogP) is 3.77. The Balaban J connectivity index is 1.69. The van der Waals surface area contributed by atoms with Crippen LogP contribution in [-0.4, -0.2) is 41.5 Å². The molecule has 27 heavy (non-hydrogen) atoms. The summed E-state index contributed by atoms with van der Waals surface area (Å²) in [5, 5.41) is 4.11. The van der Waals surface area contributed by atoms with E-state index in [1.807, 2.05) is 11.8 Å². The van der Waals surface area contributed by atoms with Gasteiger partial charge in [0.1, 0.15) is 28.1 Å². The van der Waals surface area contributed by atoms with Gasteiger partial charge in [-0.3, -0.25) is 4.79 Å². The molecule has 0 atom stereocenters. The SMILES string of the molecule is CCCN(C(=O)c1sc(COc2ccc(F)cc2)nc1C)C1CCNCC1. The van der Waals surface area contributed by atoms with E-state index in [1.54, 1.807) is 12.1 Å². The monoisotopic (exact) mass is 391 g/mol. The van der Waals surface area contributed by atoms with Gasteiger partial charge in [-0.2, -0.15) is 0 Å². The molecule has 1 fully saturated rings. The molecule has 3 rings (SSSR count). The van der Waals surface area contributed by atoms with Gasteiger partial charge in [0.05, 0.1) is 5.69 Å².